The van der Waals surface area contributed by atoms with E-state index in [1.165, 1.54) is 51.2 Å². The standard InChI is InChI=1S/C36H65N3O12.C32H51N3O12.C14H22O4S2.C12H23NO4.C11H20O4/c1-11-36(21-46-15-27(8)37-12-30(40)18-49-33(43)24(2)3,22-47-16-28(9)38-13-31(41)19-50-34(44)25(4)5)23-48-17-29(10)39-14-32(42)20-51-35(45)26(6)7;1-8-32(22-44-14-11-35-28(38)19-47-31(41)25(6)7,20-42-12-9-33-26(36)17-45-29(39)15-23(2)3)21-43-13-10-34-27(37)18-46-30(40)16-24(4)5;1-11(2)13(15)19-9-7-17-5-6-18-8-10-20-14(16)12(3)4;1-4-6-16-7-5-13-8-11(14)9-17-12(15)10(2)3;1-9(2)11(13)15-8-10(12)6-4-5-7-14-3/h27-32,37-42H,2,4,6,11-23H2,1,3,5,7-10H3;2,4,6,8-22H2,1,3,5,7H3,(H,33,36)(H,34,37)(H,35,38);1,3,5-10H2,2,4H3;11,13-14H,2,4-9H2,1,3H3;10,12H,1,4-8H2,2-3H3. The Balaban J connectivity index is -0.000000639. The zero-order valence-electron chi connectivity index (χ0n) is 92.2. The molecule has 0 aliphatic carbocycles. The molecule has 0 rings (SSSR count). The lowest BCUT2D eigenvalue weighted by atomic mass is 9.88. The smallest absolute Gasteiger partial charge is 0.333 e. The Labute approximate surface area is 897 Å². The molecule has 0 saturated carbocycles. The number of unbranched alkanes of at least 4 members (excludes halogenated alkanes) is 1. The van der Waals surface area contributed by atoms with Gasteiger partial charge in [-0.05, 0) is 140 Å². The molecule has 0 aliphatic heterocycles. The van der Waals surface area contributed by atoms with E-state index in [9.17, 15) is 87.9 Å². The molecule has 45 heteroatoms. The number of hydrogen-bond donors (Lipinski definition) is 12. The highest BCUT2D eigenvalue weighted by Crippen LogP contribution is 2.26. The Morgan fingerprint density at radius 1 is 0.307 bits per heavy atom. The number of amides is 3. The summed E-state index contributed by atoms with van der Waals surface area (Å²) in [7, 11) is 1.64. The molecular formula is C105H181N7O36S2. The van der Waals surface area contributed by atoms with Crippen LogP contribution in [0.4, 0.5) is 0 Å². The van der Waals surface area contributed by atoms with Crippen molar-refractivity contribution >= 4 is 99.2 Å². The molecule has 3 amide bonds. The molecule has 12 N–H and O–H groups in total. The third-order valence-electron chi connectivity index (χ3n) is 19.2. The van der Waals surface area contributed by atoms with E-state index in [1.807, 2.05) is 41.5 Å². The summed E-state index contributed by atoms with van der Waals surface area (Å²) in [5, 5.41) is 69.7. The lowest BCUT2D eigenvalue weighted by Gasteiger charge is -2.33. The van der Waals surface area contributed by atoms with Crippen molar-refractivity contribution in [3.63, 3.8) is 0 Å². The molecule has 0 aromatic heterocycles. The average molecular weight is 2180 g/mol. The highest BCUT2D eigenvalue weighted by atomic mass is 32.2. The predicted molar refractivity (Wildman–Crippen MR) is 573 cm³/mol. The van der Waals surface area contributed by atoms with Gasteiger partial charge in [-0.2, -0.15) is 0 Å². The molecule has 8 atom stereocenters. The number of aliphatic hydroxyl groups is 5. The number of methoxy groups -OCH3 is 1. The Hall–Kier alpha value is -9.15. The summed E-state index contributed by atoms with van der Waals surface area (Å²) >= 11 is 2.42. The quantitative estimate of drug-likeness (QED) is 0.0106. The van der Waals surface area contributed by atoms with Gasteiger partial charge in [-0.25, -0.2) is 28.8 Å². The van der Waals surface area contributed by atoms with Crippen molar-refractivity contribution in [1.29, 1.82) is 0 Å². The van der Waals surface area contributed by atoms with Crippen LogP contribution in [0.1, 0.15) is 162 Å². The fourth-order valence-corrected chi connectivity index (χ4v) is 11.7. The summed E-state index contributed by atoms with van der Waals surface area (Å²) in [5.41, 5.74) is 2.88. The first-order valence-electron chi connectivity index (χ1n) is 49.7. The maximum atomic E-state index is 11.9. The highest BCUT2D eigenvalue weighted by molar-refractivity contribution is 8.14. The number of aliphatic hydroxyl groups excluding tert-OH is 5. The van der Waals surface area contributed by atoms with Gasteiger partial charge in [0.25, 0.3) is 17.7 Å². The van der Waals surface area contributed by atoms with Crippen LogP contribution in [0.3, 0.4) is 0 Å². The molecule has 0 saturated heterocycles. The second kappa shape index (κ2) is 95.7. The van der Waals surface area contributed by atoms with Crippen molar-refractivity contribution in [1.82, 2.24) is 37.2 Å². The van der Waals surface area contributed by atoms with Crippen LogP contribution in [0.15, 0.2) is 122 Å². The van der Waals surface area contributed by atoms with E-state index < -0.39 is 127 Å². The first-order chi connectivity index (χ1) is 70.7. The number of hydrogen-bond acceptors (Lipinski definition) is 42. The summed E-state index contributed by atoms with van der Waals surface area (Å²) in [4.78, 5) is 149. The fraction of sp³-hybridized carbons (Fsp3) is 0.686. The molecule has 864 valence electrons. The monoisotopic (exact) mass is 2180 g/mol. The first-order valence-corrected chi connectivity index (χ1v) is 51.7. The maximum absolute atomic E-state index is 11.9. The highest BCUT2D eigenvalue weighted by Gasteiger charge is 2.33. The van der Waals surface area contributed by atoms with E-state index in [4.69, 9.17) is 85.3 Å². The molecule has 0 spiro atoms. The van der Waals surface area contributed by atoms with Crippen LogP contribution in [0.5, 0.6) is 0 Å². The summed E-state index contributed by atoms with van der Waals surface area (Å²) < 4.78 is 95.7. The molecule has 150 heavy (non-hydrogen) atoms. The van der Waals surface area contributed by atoms with E-state index in [2.05, 4.69) is 103 Å². The zero-order chi connectivity index (χ0) is 115. The SMILES string of the molecule is C=C(C)C(=O)OCC(O)CCCCOC.C=C(C)C(=O)OCC(O)CNC(C)COCC(CC)(COCC(C)NCC(O)COC(=O)C(=C)C)COCC(C)NCC(O)COC(=O)C(=C)C.C=C(C)C(=O)OCC(O)CNCCOCCC.C=C(C)C(=O)SCCOCCOCCSC(=O)C(=C)C.C=C(C)CC(=O)OCC(=O)NCCOCC(CC)(COCCNC(=O)COC(=O)CC(=C)C)COCCNC(=O)COC(=O)C(=C)C. The Bertz CT molecular complexity index is 3770. The van der Waals surface area contributed by atoms with Gasteiger partial charge < -0.3 is 148 Å². The van der Waals surface area contributed by atoms with Crippen molar-refractivity contribution in [3.05, 3.63) is 122 Å². The Morgan fingerprint density at radius 3 is 0.873 bits per heavy atom. The van der Waals surface area contributed by atoms with Crippen LogP contribution >= 0.6 is 23.5 Å². The van der Waals surface area contributed by atoms with Crippen molar-refractivity contribution in [2.75, 3.05) is 249 Å². The molecule has 0 fully saturated rings. The van der Waals surface area contributed by atoms with Gasteiger partial charge in [-0.15, -0.1) is 0 Å². The number of rotatable bonds is 87. The average Bonchev–Trinajstić information content (AvgIpc) is 0.878. The van der Waals surface area contributed by atoms with Gasteiger partial charge in [0.1, 0.15) is 57.5 Å². The molecule has 0 radical (unpaired) electrons. The van der Waals surface area contributed by atoms with E-state index in [-0.39, 0.29) is 175 Å². The number of thioether (sulfide) groups is 2. The Morgan fingerprint density at radius 2 is 0.587 bits per heavy atom. The molecule has 0 aromatic rings. The van der Waals surface area contributed by atoms with Crippen LogP contribution in [-0.4, -0.2) is 399 Å². The minimum Gasteiger partial charge on any atom is -0.460 e. The van der Waals surface area contributed by atoms with Gasteiger partial charge in [0.05, 0.1) is 131 Å². The van der Waals surface area contributed by atoms with Gasteiger partial charge in [-0.1, -0.05) is 121 Å². The number of carbonyl (C=O) groups is 13. The molecular weight excluding hydrogens is 2000 g/mol. The van der Waals surface area contributed by atoms with E-state index >= 15 is 0 Å². The lowest BCUT2D eigenvalue weighted by Crippen LogP contribution is -2.43. The summed E-state index contributed by atoms with van der Waals surface area (Å²) in [5.74, 6) is -4.53. The second-order valence-corrected chi connectivity index (χ2v) is 38.0. The number of nitrogens with one attached hydrogen (secondary N) is 7. The van der Waals surface area contributed by atoms with Crippen LogP contribution in [-0.2, 0) is 148 Å². The zero-order valence-corrected chi connectivity index (χ0v) is 93.9. The third kappa shape index (κ3) is 94.8. The van der Waals surface area contributed by atoms with Gasteiger partial charge >= 0.3 is 47.8 Å². The Kier molecular flexibility index (Phi) is 95.2. The number of ether oxygens (including phenoxy) is 18. The van der Waals surface area contributed by atoms with Crippen LogP contribution in [0.25, 0.3) is 0 Å². The van der Waals surface area contributed by atoms with Gasteiger partial charge in [0.15, 0.2) is 19.8 Å². The van der Waals surface area contributed by atoms with Crippen molar-refractivity contribution < 1.29 is 173 Å². The molecule has 0 bridgehead atoms. The topological polar surface area (TPSA) is 573 Å². The van der Waals surface area contributed by atoms with Crippen LogP contribution in [0.2, 0.25) is 0 Å². The van der Waals surface area contributed by atoms with Crippen molar-refractivity contribution in [2.24, 2.45) is 10.8 Å². The van der Waals surface area contributed by atoms with E-state index in [1.54, 1.807) is 48.7 Å². The van der Waals surface area contributed by atoms with Crippen LogP contribution < -0.4 is 37.2 Å². The predicted octanol–water partition coefficient (Wildman–Crippen LogP) is 6.18. The maximum Gasteiger partial charge on any atom is 0.333 e. The molecule has 0 aliphatic rings. The van der Waals surface area contributed by atoms with Gasteiger partial charge in [0, 0.05) is 147 Å². The van der Waals surface area contributed by atoms with Crippen LogP contribution in [0, 0.1) is 10.8 Å². The van der Waals surface area contributed by atoms with E-state index in [0.717, 1.165) is 25.9 Å². The summed E-state index contributed by atoms with van der Waals surface area (Å²) in [6.07, 6.45) is 0.735. The number of esters is 8. The van der Waals surface area contributed by atoms with Crippen molar-refractivity contribution in [2.45, 2.75) is 211 Å². The normalized spacial score (nSPS) is 12.8. The second-order valence-electron chi connectivity index (χ2n) is 35.9. The molecule has 8 unspecified atom stereocenters. The first kappa shape index (κ1) is 149. The van der Waals surface area contributed by atoms with Gasteiger partial charge in [0.2, 0.25) is 10.2 Å². The third-order valence-corrected chi connectivity index (χ3v) is 21.2. The minimum atomic E-state index is -0.890. The van der Waals surface area contributed by atoms with E-state index in [0.29, 0.717) is 157 Å². The lowest BCUT2D eigenvalue weighted by molar-refractivity contribution is -0.148. The molecule has 0 heterocycles. The minimum absolute atomic E-state index is 0.00375. The number of carbonyl (C=O) groups excluding carboxylic acids is 13. The summed E-state index contributed by atoms with van der Waals surface area (Å²) in [6, 6.07) is -0.365. The summed E-state index contributed by atoms with van der Waals surface area (Å²) in [6.45, 7) is 70.5. The molecule has 0 aromatic carbocycles. The fourth-order valence-electron chi connectivity index (χ4n) is 10.4. The van der Waals surface area contributed by atoms with Crippen molar-refractivity contribution in [3.8, 4) is 0 Å². The van der Waals surface area contributed by atoms with Gasteiger partial charge in [-0.3, -0.25) is 33.6 Å². The molecule has 43 nitrogen and oxygen atoms in total. The largest absolute Gasteiger partial charge is 0.460 e.